The van der Waals surface area contributed by atoms with Crippen LogP contribution in [0.3, 0.4) is 0 Å². The molecule has 5 heteroatoms. The Bertz CT molecular complexity index is 644. The first-order valence-electron chi connectivity index (χ1n) is 6.50. The SMILES string of the molecule is COCc1ccccc1NCc1ccc(C(N)=O)cc1F. The van der Waals surface area contributed by atoms with E-state index < -0.39 is 11.7 Å². The number of amides is 1. The number of benzene rings is 2. The van der Waals surface area contributed by atoms with E-state index in [-0.39, 0.29) is 5.56 Å². The molecule has 0 saturated carbocycles. The second-order valence-electron chi connectivity index (χ2n) is 4.61. The van der Waals surface area contributed by atoms with E-state index in [9.17, 15) is 9.18 Å². The van der Waals surface area contributed by atoms with Crippen molar-refractivity contribution in [2.24, 2.45) is 5.73 Å². The molecule has 110 valence electrons. The zero-order valence-corrected chi connectivity index (χ0v) is 11.7. The van der Waals surface area contributed by atoms with E-state index in [1.165, 1.54) is 6.07 Å². The molecule has 0 aliphatic carbocycles. The van der Waals surface area contributed by atoms with Crippen LogP contribution in [0, 0.1) is 5.82 Å². The summed E-state index contributed by atoms with van der Waals surface area (Å²) in [5.41, 5.74) is 7.63. The minimum Gasteiger partial charge on any atom is -0.381 e. The van der Waals surface area contributed by atoms with Crippen LogP contribution in [0.4, 0.5) is 10.1 Å². The summed E-state index contributed by atoms with van der Waals surface area (Å²) >= 11 is 0. The highest BCUT2D eigenvalue weighted by atomic mass is 19.1. The Morgan fingerprint density at radius 2 is 2.00 bits per heavy atom. The lowest BCUT2D eigenvalue weighted by Gasteiger charge is -2.12. The molecule has 0 bridgehead atoms. The monoisotopic (exact) mass is 288 g/mol. The summed E-state index contributed by atoms with van der Waals surface area (Å²) in [6, 6.07) is 11.9. The Kier molecular flexibility index (Phi) is 4.90. The van der Waals surface area contributed by atoms with Gasteiger partial charge in [0.15, 0.2) is 0 Å². The predicted octanol–water partition coefficient (Wildman–Crippen LogP) is 2.68. The Morgan fingerprint density at radius 1 is 1.24 bits per heavy atom. The van der Waals surface area contributed by atoms with E-state index >= 15 is 0 Å². The van der Waals surface area contributed by atoms with Gasteiger partial charge in [-0.3, -0.25) is 4.79 Å². The van der Waals surface area contributed by atoms with Crippen molar-refractivity contribution in [1.82, 2.24) is 0 Å². The fourth-order valence-corrected chi connectivity index (χ4v) is 2.01. The van der Waals surface area contributed by atoms with Gasteiger partial charge in [-0.15, -0.1) is 0 Å². The standard InChI is InChI=1S/C16H17FN2O2/c1-21-10-13-4-2-3-5-15(13)19-9-12-7-6-11(16(18)20)8-14(12)17/h2-8,19H,9-10H2,1H3,(H2,18,20). The van der Waals surface area contributed by atoms with Crippen molar-refractivity contribution in [3.8, 4) is 0 Å². The number of ether oxygens (including phenoxy) is 1. The molecular formula is C16H17FN2O2. The van der Waals surface area contributed by atoms with Gasteiger partial charge in [0.2, 0.25) is 5.91 Å². The lowest BCUT2D eigenvalue weighted by Crippen LogP contribution is -2.12. The predicted molar refractivity (Wildman–Crippen MR) is 79.4 cm³/mol. The van der Waals surface area contributed by atoms with E-state index in [1.54, 1.807) is 13.2 Å². The Morgan fingerprint density at radius 3 is 2.67 bits per heavy atom. The number of methoxy groups -OCH3 is 1. The van der Waals surface area contributed by atoms with E-state index in [0.717, 1.165) is 17.3 Å². The third-order valence-corrected chi connectivity index (χ3v) is 3.12. The number of hydrogen-bond acceptors (Lipinski definition) is 3. The third kappa shape index (κ3) is 3.79. The summed E-state index contributed by atoms with van der Waals surface area (Å²) in [7, 11) is 1.62. The minimum absolute atomic E-state index is 0.163. The van der Waals surface area contributed by atoms with E-state index in [0.29, 0.717) is 18.7 Å². The summed E-state index contributed by atoms with van der Waals surface area (Å²) in [6.45, 7) is 0.790. The Labute approximate surface area is 122 Å². The van der Waals surface area contributed by atoms with Gasteiger partial charge in [0, 0.05) is 36.0 Å². The maximum atomic E-state index is 13.9. The van der Waals surface area contributed by atoms with Crippen molar-refractivity contribution in [2.45, 2.75) is 13.2 Å². The van der Waals surface area contributed by atoms with Crippen molar-refractivity contribution < 1.29 is 13.9 Å². The van der Waals surface area contributed by atoms with E-state index in [4.69, 9.17) is 10.5 Å². The molecule has 0 unspecified atom stereocenters. The quantitative estimate of drug-likeness (QED) is 0.859. The number of carbonyl (C=O) groups excluding carboxylic acids is 1. The number of nitrogens with two attached hydrogens (primary N) is 1. The number of hydrogen-bond donors (Lipinski definition) is 2. The minimum atomic E-state index is -0.640. The molecule has 0 atom stereocenters. The molecule has 0 aliphatic heterocycles. The van der Waals surface area contributed by atoms with Gasteiger partial charge in [-0.2, -0.15) is 0 Å². The molecule has 0 aliphatic rings. The highest BCUT2D eigenvalue weighted by Crippen LogP contribution is 2.18. The number of carbonyl (C=O) groups is 1. The summed E-state index contributed by atoms with van der Waals surface area (Å²) < 4.78 is 19.0. The highest BCUT2D eigenvalue weighted by molar-refractivity contribution is 5.92. The number of halogens is 1. The van der Waals surface area contributed by atoms with Crippen LogP contribution >= 0.6 is 0 Å². The summed E-state index contributed by atoms with van der Waals surface area (Å²) in [4.78, 5) is 11.0. The van der Waals surface area contributed by atoms with Gasteiger partial charge in [-0.25, -0.2) is 4.39 Å². The molecule has 0 heterocycles. The van der Waals surface area contributed by atoms with Crippen LogP contribution in [-0.4, -0.2) is 13.0 Å². The number of para-hydroxylation sites is 1. The van der Waals surface area contributed by atoms with Crippen LogP contribution in [0.2, 0.25) is 0 Å². The first-order chi connectivity index (χ1) is 10.1. The smallest absolute Gasteiger partial charge is 0.248 e. The molecule has 0 spiro atoms. The van der Waals surface area contributed by atoms with E-state index in [2.05, 4.69) is 5.32 Å². The lowest BCUT2D eigenvalue weighted by molar-refractivity contribution is 0.1000. The van der Waals surface area contributed by atoms with Crippen LogP contribution in [-0.2, 0) is 17.9 Å². The first kappa shape index (κ1) is 15.0. The van der Waals surface area contributed by atoms with Gasteiger partial charge in [0.05, 0.1) is 6.61 Å². The molecule has 3 N–H and O–H groups in total. The molecule has 0 aromatic heterocycles. The molecule has 2 aromatic rings. The zero-order valence-electron chi connectivity index (χ0n) is 11.7. The number of rotatable bonds is 6. The first-order valence-corrected chi connectivity index (χ1v) is 6.50. The molecule has 4 nitrogen and oxygen atoms in total. The average molecular weight is 288 g/mol. The molecule has 0 radical (unpaired) electrons. The summed E-state index contributed by atoms with van der Waals surface area (Å²) in [5, 5.41) is 3.17. The summed E-state index contributed by atoms with van der Waals surface area (Å²) in [6.07, 6.45) is 0. The van der Waals surface area contributed by atoms with Crippen LogP contribution in [0.5, 0.6) is 0 Å². The lowest BCUT2D eigenvalue weighted by atomic mass is 10.1. The van der Waals surface area contributed by atoms with Crippen molar-refractivity contribution in [2.75, 3.05) is 12.4 Å². The molecule has 21 heavy (non-hydrogen) atoms. The van der Waals surface area contributed by atoms with Gasteiger partial charge in [0.1, 0.15) is 5.82 Å². The van der Waals surface area contributed by atoms with Crippen LogP contribution in [0.1, 0.15) is 21.5 Å². The van der Waals surface area contributed by atoms with Crippen molar-refractivity contribution in [3.05, 3.63) is 65.0 Å². The fourth-order valence-electron chi connectivity index (χ4n) is 2.01. The average Bonchev–Trinajstić information content (AvgIpc) is 2.47. The number of anilines is 1. The Balaban J connectivity index is 2.11. The topological polar surface area (TPSA) is 64.3 Å². The molecule has 0 saturated heterocycles. The van der Waals surface area contributed by atoms with Crippen molar-refractivity contribution in [3.63, 3.8) is 0 Å². The molecule has 0 fully saturated rings. The van der Waals surface area contributed by atoms with Crippen LogP contribution < -0.4 is 11.1 Å². The molecular weight excluding hydrogens is 271 g/mol. The summed E-state index contributed by atoms with van der Waals surface area (Å²) in [5.74, 6) is -1.10. The Hall–Kier alpha value is -2.40. The highest BCUT2D eigenvalue weighted by Gasteiger charge is 2.08. The maximum Gasteiger partial charge on any atom is 0.248 e. The second-order valence-corrected chi connectivity index (χ2v) is 4.61. The second kappa shape index (κ2) is 6.85. The zero-order chi connectivity index (χ0) is 15.2. The largest absolute Gasteiger partial charge is 0.381 e. The number of nitrogens with one attached hydrogen (secondary N) is 1. The van der Waals surface area contributed by atoms with Crippen LogP contribution in [0.25, 0.3) is 0 Å². The van der Waals surface area contributed by atoms with Gasteiger partial charge in [0.25, 0.3) is 0 Å². The van der Waals surface area contributed by atoms with Gasteiger partial charge < -0.3 is 15.8 Å². The normalized spacial score (nSPS) is 10.4. The third-order valence-electron chi connectivity index (χ3n) is 3.12. The maximum absolute atomic E-state index is 13.9. The van der Waals surface area contributed by atoms with Crippen molar-refractivity contribution in [1.29, 1.82) is 0 Å². The van der Waals surface area contributed by atoms with Gasteiger partial charge in [-0.05, 0) is 18.2 Å². The molecule has 2 aromatic carbocycles. The van der Waals surface area contributed by atoms with Crippen LogP contribution in [0.15, 0.2) is 42.5 Å². The van der Waals surface area contributed by atoms with Gasteiger partial charge in [-0.1, -0.05) is 24.3 Å². The molecule has 1 amide bonds. The molecule has 2 rings (SSSR count). The van der Waals surface area contributed by atoms with Gasteiger partial charge >= 0.3 is 0 Å². The van der Waals surface area contributed by atoms with Crippen molar-refractivity contribution >= 4 is 11.6 Å². The van der Waals surface area contributed by atoms with E-state index in [1.807, 2.05) is 24.3 Å². The number of primary amides is 1. The fraction of sp³-hybridized carbons (Fsp3) is 0.188.